The number of carboxylic acids is 1. The van der Waals surface area contributed by atoms with Gasteiger partial charge in [0.05, 0.1) is 17.5 Å². The van der Waals surface area contributed by atoms with E-state index in [9.17, 15) is 15.0 Å². The van der Waals surface area contributed by atoms with Crippen LogP contribution in [0, 0.1) is 0 Å². The molecule has 0 atom stereocenters. The maximum atomic E-state index is 10.7. The molecule has 0 radical (unpaired) electrons. The van der Waals surface area contributed by atoms with Gasteiger partial charge in [0.2, 0.25) is 0 Å². The van der Waals surface area contributed by atoms with E-state index < -0.39 is 5.97 Å². The number of phenolic OH excluding ortho intramolecular Hbond substituents is 2. The lowest BCUT2D eigenvalue weighted by atomic mass is 10.2. The molecule has 0 aliphatic heterocycles. The van der Waals surface area contributed by atoms with Crippen LogP contribution in [0.5, 0.6) is 11.5 Å². The monoisotopic (exact) mass is 272 g/mol. The molecule has 6 heteroatoms. The second-order valence-electron chi connectivity index (χ2n) is 3.97. The summed E-state index contributed by atoms with van der Waals surface area (Å²) in [6.07, 6.45) is 1.35. The van der Waals surface area contributed by atoms with Crippen LogP contribution < -0.4 is 5.43 Å². The summed E-state index contributed by atoms with van der Waals surface area (Å²) in [5.41, 5.74) is 3.84. The number of anilines is 1. The maximum absolute atomic E-state index is 10.7. The lowest BCUT2D eigenvalue weighted by Gasteiger charge is -2.02. The zero-order valence-corrected chi connectivity index (χ0v) is 10.3. The molecule has 20 heavy (non-hydrogen) atoms. The number of para-hydroxylation sites is 1. The van der Waals surface area contributed by atoms with E-state index in [2.05, 4.69) is 10.5 Å². The first-order valence-corrected chi connectivity index (χ1v) is 5.71. The Kier molecular flexibility index (Phi) is 3.85. The Morgan fingerprint density at radius 3 is 2.45 bits per heavy atom. The average Bonchev–Trinajstić information content (AvgIpc) is 2.44. The van der Waals surface area contributed by atoms with Crippen molar-refractivity contribution in [3.05, 3.63) is 53.6 Å². The molecule has 0 aliphatic rings. The first-order valence-electron chi connectivity index (χ1n) is 5.71. The van der Waals surface area contributed by atoms with Gasteiger partial charge in [0.1, 0.15) is 0 Å². The fourth-order valence-electron chi connectivity index (χ4n) is 1.52. The summed E-state index contributed by atoms with van der Waals surface area (Å²) < 4.78 is 0. The van der Waals surface area contributed by atoms with Gasteiger partial charge in [-0.15, -0.1) is 0 Å². The SMILES string of the molecule is O=C(O)c1ccc(NN=Cc2cccc(O)c2O)cc1. The van der Waals surface area contributed by atoms with Gasteiger partial charge in [-0.1, -0.05) is 6.07 Å². The van der Waals surface area contributed by atoms with E-state index >= 15 is 0 Å². The maximum Gasteiger partial charge on any atom is 0.335 e. The Balaban J connectivity index is 2.06. The van der Waals surface area contributed by atoms with E-state index in [1.807, 2.05) is 0 Å². The first kappa shape index (κ1) is 13.4. The molecule has 6 nitrogen and oxygen atoms in total. The van der Waals surface area contributed by atoms with Crippen LogP contribution in [0.1, 0.15) is 15.9 Å². The van der Waals surface area contributed by atoms with Crippen LogP contribution in [0.3, 0.4) is 0 Å². The molecule has 0 spiro atoms. The number of nitrogens with one attached hydrogen (secondary N) is 1. The van der Waals surface area contributed by atoms with Crippen LogP contribution in [0.2, 0.25) is 0 Å². The Morgan fingerprint density at radius 2 is 1.80 bits per heavy atom. The second kappa shape index (κ2) is 5.75. The molecule has 2 aromatic rings. The third kappa shape index (κ3) is 3.05. The summed E-state index contributed by atoms with van der Waals surface area (Å²) in [7, 11) is 0. The van der Waals surface area contributed by atoms with Crippen molar-refractivity contribution in [3.8, 4) is 11.5 Å². The molecule has 0 fully saturated rings. The standard InChI is InChI=1S/C14H12N2O4/c17-12-3-1-2-10(13(12)18)8-15-16-11-6-4-9(5-7-11)14(19)20/h1-8,16-18H,(H,19,20). The van der Waals surface area contributed by atoms with Crippen molar-refractivity contribution < 1.29 is 20.1 Å². The Bertz CT molecular complexity index is 651. The summed E-state index contributed by atoms with van der Waals surface area (Å²) in [6, 6.07) is 10.6. The normalized spacial score (nSPS) is 10.6. The third-order valence-electron chi connectivity index (χ3n) is 2.58. The Labute approximate surface area is 114 Å². The highest BCUT2D eigenvalue weighted by Crippen LogP contribution is 2.26. The Morgan fingerprint density at radius 1 is 1.10 bits per heavy atom. The van der Waals surface area contributed by atoms with Crippen LogP contribution in [0.4, 0.5) is 5.69 Å². The highest BCUT2D eigenvalue weighted by atomic mass is 16.4. The van der Waals surface area contributed by atoms with E-state index in [4.69, 9.17) is 5.11 Å². The van der Waals surface area contributed by atoms with Crippen molar-refractivity contribution in [1.29, 1.82) is 0 Å². The molecule has 4 N–H and O–H groups in total. The second-order valence-corrected chi connectivity index (χ2v) is 3.97. The summed E-state index contributed by atoms with van der Waals surface area (Å²) >= 11 is 0. The topological polar surface area (TPSA) is 102 Å². The minimum Gasteiger partial charge on any atom is -0.504 e. The van der Waals surface area contributed by atoms with E-state index in [-0.39, 0.29) is 17.1 Å². The number of phenols is 2. The molecule has 0 saturated carbocycles. The number of hydrogen-bond acceptors (Lipinski definition) is 5. The molecule has 0 aromatic heterocycles. The number of carboxylic acid groups (broad SMARTS) is 1. The van der Waals surface area contributed by atoms with Crippen molar-refractivity contribution >= 4 is 17.9 Å². The summed E-state index contributed by atoms with van der Waals surface area (Å²) in [5.74, 6) is -1.47. The molecular weight excluding hydrogens is 260 g/mol. The minimum atomic E-state index is -0.996. The summed E-state index contributed by atoms with van der Waals surface area (Å²) in [6.45, 7) is 0. The van der Waals surface area contributed by atoms with Crippen LogP contribution in [0.25, 0.3) is 0 Å². The van der Waals surface area contributed by atoms with Gasteiger partial charge in [-0.05, 0) is 36.4 Å². The van der Waals surface area contributed by atoms with Gasteiger partial charge in [0.15, 0.2) is 11.5 Å². The van der Waals surface area contributed by atoms with Crippen molar-refractivity contribution in [2.75, 3.05) is 5.43 Å². The van der Waals surface area contributed by atoms with Gasteiger partial charge in [0, 0.05) is 5.56 Å². The van der Waals surface area contributed by atoms with Crippen LogP contribution in [-0.4, -0.2) is 27.5 Å². The molecule has 0 aliphatic carbocycles. The predicted molar refractivity (Wildman–Crippen MR) is 74.4 cm³/mol. The number of aromatic hydroxyl groups is 2. The summed E-state index contributed by atoms with van der Waals surface area (Å²) in [5, 5.41) is 31.5. The number of hydrazone groups is 1. The van der Waals surface area contributed by atoms with E-state index in [1.54, 1.807) is 24.3 Å². The van der Waals surface area contributed by atoms with Gasteiger partial charge in [-0.3, -0.25) is 5.43 Å². The highest BCUT2D eigenvalue weighted by Gasteiger charge is 2.03. The molecule has 102 valence electrons. The van der Waals surface area contributed by atoms with Gasteiger partial charge in [0.25, 0.3) is 0 Å². The van der Waals surface area contributed by atoms with Crippen molar-refractivity contribution in [2.24, 2.45) is 5.10 Å². The molecule has 0 unspecified atom stereocenters. The fourth-order valence-corrected chi connectivity index (χ4v) is 1.52. The van der Waals surface area contributed by atoms with Gasteiger partial charge in [-0.2, -0.15) is 5.10 Å². The Hall–Kier alpha value is -3.02. The number of hydrogen-bond donors (Lipinski definition) is 4. The smallest absolute Gasteiger partial charge is 0.335 e. The zero-order valence-electron chi connectivity index (χ0n) is 10.3. The predicted octanol–water partition coefficient (Wildman–Crippen LogP) is 2.24. The number of carbonyl (C=O) groups is 1. The van der Waals surface area contributed by atoms with Crippen LogP contribution in [-0.2, 0) is 0 Å². The van der Waals surface area contributed by atoms with Gasteiger partial charge >= 0.3 is 5.97 Å². The highest BCUT2D eigenvalue weighted by molar-refractivity contribution is 5.88. The number of rotatable bonds is 4. The minimum absolute atomic E-state index is 0.185. The molecule has 0 amide bonds. The number of aromatic carboxylic acids is 1. The lowest BCUT2D eigenvalue weighted by molar-refractivity contribution is 0.0697. The van der Waals surface area contributed by atoms with Crippen LogP contribution >= 0.6 is 0 Å². The van der Waals surface area contributed by atoms with Crippen molar-refractivity contribution in [1.82, 2.24) is 0 Å². The quantitative estimate of drug-likeness (QED) is 0.388. The van der Waals surface area contributed by atoms with Gasteiger partial charge in [-0.25, -0.2) is 4.79 Å². The molecular formula is C14H12N2O4. The van der Waals surface area contributed by atoms with E-state index in [0.717, 1.165) is 0 Å². The molecule has 0 saturated heterocycles. The third-order valence-corrected chi connectivity index (χ3v) is 2.58. The molecule has 2 rings (SSSR count). The molecule has 0 bridgehead atoms. The van der Waals surface area contributed by atoms with E-state index in [1.165, 1.54) is 24.4 Å². The van der Waals surface area contributed by atoms with Gasteiger partial charge < -0.3 is 15.3 Å². The van der Waals surface area contributed by atoms with Crippen molar-refractivity contribution in [3.63, 3.8) is 0 Å². The number of nitrogens with zero attached hydrogens (tertiary/aromatic N) is 1. The fraction of sp³-hybridized carbons (Fsp3) is 0. The number of benzene rings is 2. The largest absolute Gasteiger partial charge is 0.504 e. The zero-order chi connectivity index (χ0) is 14.5. The molecule has 2 aromatic carbocycles. The van der Waals surface area contributed by atoms with Crippen LogP contribution in [0.15, 0.2) is 47.6 Å². The van der Waals surface area contributed by atoms with Crippen molar-refractivity contribution in [2.45, 2.75) is 0 Å². The van der Waals surface area contributed by atoms with E-state index in [0.29, 0.717) is 11.3 Å². The lowest BCUT2D eigenvalue weighted by Crippen LogP contribution is -1.96. The summed E-state index contributed by atoms with van der Waals surface area (Å²) in [4.78, 5) is 10.7. The first-order chi connectivity index (χ1) is 9.58. The average molecular weight is 272 g/mol. The molecule has 0 heterocycles.